The quantitative estimate of drug-likeness (QED) is 0.792. The van der Waals surface area contributed by atoms with Gasteiger partial charge in [0.1, 0.15) is 5.78 Å². The molecule has 0 N–H and O–H groups in total. The van der Waals surface area contributed by atoms with Crippen molar-refractivity contribution in [3.05, 3.63) is 47.1 Å². The molecular formula is C17H18N2O2. The number of hydrogen-bond donors (Lipinski definition) is 0. The molecule has 21 heavy (non-hydrogen) atoms. The Balaban J connectivity index is 1.58. The van der Waals surface area contributed by atoms with Gasteiger partial charge in [-0.25, -0.2) is 0 Å². The van der Waals surface area contributed by atoms with Gasteiger partial charge < -0.3 is 4.52 Å². The Morgan fingerprint density at radius 2 is 2.00 bits per heavy atom. The first-order valence-electron chi connectivity index (χ1n) is 7.77. The number of benzene rings is 1. The van der Waals surface area contributed by atoms with Crippen molar-refractivity contribution in [3.8, 4) is 0 Å². The highest BCUT2D eigenvalue weighted by molar-refractivity contribution is 5.84. The molecular weight excluding hydrogens is 264 g/mol. The number of carbonyl (C=O) groups excluding carboxylic acids is 1. The summed E-state index contributed by atoms with van der Waals surface area (Å²) in [6.45, 7) is 0. The summed E-state index contributed by atoms with van der Waals surface area (Å²) in [5, 5.41) is 4.14. The van der Waals surface area contributed by atoms with Gasteiger partial charge in [0.15, 0.2) is 5.82 Å². The van der Waals surface area contributed by atoms with Crippen molar-refractivity contribution in [2.45, 2.75) is 50.4 Å². The predicted molar refractivity (Wildman–Crippen MR) is 77.1 cm³/mol. The van der Waals surface area contributed by atoms with Gasteiger partial charge >= 0.3 is 0 Å². The van der Waals surface area contributed by atoms with Gasteiger partial charge in [0, 0.05) is 6.42 Å². The van der Waals surface area contributed by atoms with E-state index >= 15 is 0 Å². The third kappa shape index (κ3) is 2.19. The summed E-state index contributed by atoms with van der Waals surface area (Å²) in [7, 11) is 0. The lowest BCUT2D eigenvalue weighted by molar-refractivity contribution is -0.120. The number of rotatable bonds is 2. The number of aromatic nitrogens is 2. The molecule has 1 fully saturated rings. The molecule has 0 amide bonds. The molecule has 2 unspecified atom stereocenters. The maximum Gasteiger partial charge on any atom is 0.237 e. The number of ketones is 1. The first kappa shape index (κ1) is 12.7. The van der Waals surface area contributed by atoms with E-state index in [9.17, 15) is 4.79 Å². The average molecular weight is 282 g/mol. The van der Waals surface area contributed by atoms with Gasteiger partial charge in [-0.2, -0.15) is 4.98 Å². The van der Waals surface area contributed by atoms with Gasteiger partial charge in [-0.05, 0) is 30.4 Å². The first-order valence-corrected chi connectivity index (χ1v) is 7.77. The van der Waals surface area contributed by atoms with E-state index in [4.69, 9.17) is 4.52 Å². The van der Waals surface area contributed by atoms with Crippen LogP contribution in [-0.2, 0) is 11.2 Å². The molecule has 0 aliphatic heterocycles. The van der Waals surface area contributed by atoms with Crippen LogP contribution in [0.1, 0.15) is 66.8 Å². The highest BCUT2D eigenvalue weighted by atomic mass is 16.5. The van der Waals surface area contributed by atoms with E-state index in [1.54, 1.807) is 0 Å². The van der Waals surface area contributed by atoms with Crippen LogP contribution in [0.25, 0.3) is 0 Å². The number of fused-ring (bicyclic) bond motifs is 1. The fourth-order valence-electron chi connectivity index (χ4n) is 3.44. The Morgan fingerprint density at radius 3 is 2.90 bits per heavy atom. The van der Waals surface area contributed by atoms with Gasteiger partial charge in [-0.1, -0.05) is 42.3 Å². The van der Waals surface area contributed by atoms with Gasteiger partial charge in [0.25, 0.3) is 0 Å². The zero-order chi connectivity index (χ0) is 14.2. The zero-order valence-corrected chi connectivity index (χ0v) is 11.9. The molecule has 1 heterocycles. The summed E-state index contributed by atoms with van der Waals surface area (Å²) < 4.78 is 5.42. The van der Waals surface area contributed by atoms with E-state index in [-0.39, 0.29) is 17.6 Å². The molecule has 2 atom stereocenters. The van der Waals surface area contributed by atoms with E-state index < -0.39 is 0 Å². The summed E-state index contributed by atoms with van der Waals surface area (Å²) in [6.07, 6.45) is 5.65. The molecule has 0 saturated heterocycles. The van der Waals surface area contributed by atoms with Crippen molar-refractivity contribution in [1.29, 1.82) is 0 Å². The summed E-state index contributed by atoms with van der Waals surface area (Å²) in [4.78, 5) is 16.7. The minimum Gasteiger partial charge on any atom is -0.339 e. The normalized spacial score (nSPS) is 25.0. The maximum atomic E-state index is 12.1. The summed E-state index contributed by atoms with van der Waals surface area (Å²) in [6, 6.07) is 8.36. The highest BCUT2D eigenvalue weighted by Gasteiger charge is 2.33. The highest BCUT2D eigenvalue weighted by Crippen LogP contribution is 2.39. The maximum absolute atomic E-state index is 12.1. The van der Waals surface area contributed by atoms with Crippen LogP contribution in [0.15, 0.2) is 28.8 Å². The van der Waals surface area contributed by atoms with Gasteiger partial charge in [-0.3, -0.25) is 4.79 Å². The van der Waals surface area contributed by atoms with E-state index in [0.717, 1.165) is 37.9 Å². The molecule has 4 nitrogen and oxygen atoms in total. The van der Waals surface area contributed by atoms with E-state index in [1.165, 1.54) is 11.1 Å². The Morgan fingerprint density at radius 1 is 1.10 bits per heavy atom. The van der Waals surface area contributed by atoms with Crippen molar-refractivity contribution >= 4 is 5.78 Å². The zero-order valence-electron chi connectivity index (χ0n) is 11.9. The molecule has 4 heteroatoms. The van der Waals surface area contributed by atoms with Crippen LogP contribution < -0.4 is 0 Å². The predicted octanol–water partition coefficient (Wildman–Crippen LogP) is 3.37. The second-order valence-electron chi connectivity index (χ2n) is 6.06. The number of hydrogen-bond acceptors (Lipinski definition) is 4. The average Bonchev–Trinajstić information content (AvgIpc) is 2.83. The SMILES string of the molecule is O=C1CCCCCC1c1nc(C2Cc3ccccc32)no1. The first-order chi connectivity index (χ1) is 10.3. The minimum absolute atomic E-state index is 0.177. The van der Waals surface area contributed by atoms with E-state index in [2.05, 4.69) is 28.3 Å². The Labute approximate surface area is 123 Å². The van der Waals surface area contributed by atoms with Crippen LogP contribution in [0, 0.1) is 0 Å². The van der Waals surface area contributed by atoms with Crippen molar-refractivity contribution < 1.29 is 9.32 Å². The smallest absolute Gasteiger partial charge is 0.237 e. The molecule has 2 aliphatic carbocycles. The van der Waals surface area contributed by atoms with E-state index in [0.29, 0.717) is 12.3 Å². The molecule has 4 rings (SSSR count). The van der Waals surface area contributed by atoms with Gasteiger partial charge in [0.2, 0.25) is 5.89 Å². The third-order valence-electron chi connectivity index (χ3n) is 4.73. The Kier molecular flexibility index (Phi) is 3.09. The molecule has 0 spiro atoms. The standard InChI is InChI=1S/C17H18N2O2/c20-15-9-3-1-2-8-13(15)17-18-16(19-21-17)14-10-11-6-4-5-7-12(11)14/h4-7,13-14H,1-3,8-10H2. The van der Waals surface area contributed by atoms with Crippen molar-refractivity contribution in [1.82, 2.24) is 10.1 Å². The summed E-state index contributed by atoms with van der Waals surface area (Å²) >= 11 is 0. The lowest BCUT2D eigenvalue weighted by Gasteiger charge is -2.27. The number of carbonyl (C=O) groups is 1. The van der Waals surface area contributed by atoms with Gasteiger partial charge in [0.05, 0.1) is 11.8 Å². The number of nitrogens with zero attached hydrogens (tertiary/aromatic N) is 2. The van der Waals surface area contributed by atoms with Crippen LogP contribution in [0.4, 0.5) is 0 Å². The van der Waals surface area contributed by atoms with Crippen LogP contribution in [0.3, 0.4) is 0 Å². The molecule has 1 aromatic heterocycles. The van der Waals surface area contributed by atoms with E-state index in [1.807, 2.05) is 6.07 Å². The second-order valence-corrected chi connectivity index (χ2v) is 6.06. The molecule has 2 aromatic rings. The fourth-order valence-corrected chi connectivity index (χ4v) is 3.44. The van der Waals surface area contributed by atoms with Crippen LogP contribution in [0.5, 0.6) is 0 Å². The van der Waals surface area contributed by atoms with Gasteiger partial charge in [-0.15, -0.1) is 0 Å². The summed E-state index contributed by atoms with van der Waals surface area (Å²) in [5.41, 5.74) is 2.65. The van der Waals surface area contributed by atoms with Crippen molar-refractivity contribution in [2.75, 3.05) is 0 Å². The molecule has 1 aromatic carbocycles. The Hall–Kier alpha value is -1.97. The molecule has 2 aliphatic rings. The van der Waals surface area contributed by atoms with Crippen molar-refractivity contribution in [3.63, 3.8) is 0 Å². The molecule has 108 valence electrons. The fraction of sp³-hybridized carbons (Fsp3) is 0.471. The topological polar surface area (TPSA) is 56.0 Å². The van der Waals surface area contributed by atoms with Crippen molar-refractivity contribution in [2.24, 2.45) is 0 Å². The molecule has 1 saturated carbocycles. The lowest BCUT2D eigenvalue weighted by Crippen LogP contribution is -2.19. The summed E-state index contributed by atoms with van der Waals surface area (Å²) in [5.74, 6) is 1.59. The third-order valence-corrected chi connectivity index (χ3v) is 4.73. The molecule has 0 radical (unpaired) electrons. The largest absolute Gasteiger partial charge is 0.339 e. The van der Waals surface area contributed by atoms with Crippen LogP contribution in [-0.4, -0.2) is 15.9 Å². The monoisotopic (exact) mass is 282 g/mol. The lowest BCUT2D eigenvalue weighted by atomic mass is 9.77. The van der Waals surface area contributed by atoms with Crippen LogP contribution in [0.2, 0.25) is 0 Å². The molecule has 0 bridgehead atoms. The Bertz CT molecular complexity index is 677. The number of Topliss-reactive ketones (excluding diaryl/α,β-unsaturated/α-hetero) is 1. The second kappa shape index (κ2) is 5.10. The van der Waals surface area contributed by atoms with Crippen LogP contribution >= 0.6 is 0 Å². The minimum atomic E-state index is -0.177.